The van der Waals surface area contributed by atoms with Gasteiger partial charge in [0.1, 0.15) is 12.4 Å². The van der Waals surface area contributed by atoms with Gasteiger partial charge in [0.15, 0.2) is 5.79 Å². The number of aldehydes is 1. The summed E-state index contributed by atoms with van der Waals surface area (Å²) in [6, 6.07) is 9.84. The largest absolute Gasteiger partial charge is 0.396 e. The van der Waals surface area contributed by atoms with Gasteiger partial charge in [0.05, 0.1) is 13.2 Å². The normalized spacial score (nSPS) is 11.7. The molecule has 0 saturated carbocycles. The van der Waals surface area contributed by atoms with Gasteiger partial charge in [0.25, 0.3) is 0 Å². The summed E-state index contributed by atoms with van der Waals surface area (Å²) in [6.07, 6.45) is 1.73. The molecule has 0 saturated heterocycles. The number of aliphatic hydroxyl groups is 3. The van der Waals surface area contributed by atoms with Crippen molar-refractivity contribution in [3.05, 3.63) is 35.9 Å². The van der Waals surface area contributed by atoms with Crippen LogP contribution in [0.3, 0.4) is 0 Å². The summed E-state index contributed by atoms with van der Waals surface area (Å²) < 4.78 is 10.2. The van der Waals surface area contributed by atoms with Gasteiger partial charge in [-0.3, -0.25) is 0 Å². The first-order valence-corrected chi connectivity index (χ1v) is 8.92. The van der Waals surface area contributed by atoms with Crippen LogP contribution in [0.15, 0.2) is 30.3 Å². The van der Waals surface area contributed by atoms with Gasteiger partial charge < -0.3 is 29.6 Å². The summed E-state index contributed by atoms with van der Waals surface area (Å²) in [5.41, 5.74) is 1.10. The number of benzene rings is 1. The zero-order valence-corrected chi connectivity index (χ0v) is 16.7. The van der Waals surface area contributed by atoms with E-state index in [1.165, 1.54) is 0 Å². The number of rotatable bonds is 9. The molecule has 1 atom stereocenters. The van der Waals surface area contributed by atoms with Crippen molar-refractivity contribution in [2.24, 2.45) is 0 Å². The van der Waals surface area contributed by atoms with E-state index in [2.05, 4.69) is 0 Å². The van der Waals surface area contributed by atoms with E-state index in [0.717, 1.165) is 18.3 Å². The van der Waals surface area contributed by atoms with Crippen molar-refractivity contribution in [3.63, 3.8) is 0 Å². The number of carbonyl (C=O) groups is 1. The molecular weight excluding hydrogens is 336 g/mol. The predicted octanol–water partition coefficient (Wildman–Crippen LogP) is 2.68. The average molecular weight is 373 g/mol. The van der Waals surface area contributed by atoms with E-state index in [-0.39, 0.29) is 18.8 Å². The molecule has 0 spiro atoms. The van der Waals surface area contributed by atoms with E-state index in [4.69, 9.17) is 24.8 Å². The Morgan fingerprint density at radius 1 is 1.19 bits per heavy atom. The highest BCUT2D eigenvalue weighted by atomic mass is 16.6. The third-order valence-electron chi connectivity index (χ3n) is 2.62. The molecule has 0 bridgehead atoms. The molecule has 0 aromatic heterocycles. The molecule has 6 heteroatoms. The lowest BCUT2D eigenvalue weighted by Gasteiger charge is -2.17. The minimum absolute atomic E-state index is 0.107. The van der Waals surface area contributed by atoms with Crippen molar-refractivity contribution in [1.82, 2.24) is 0 Å². The maximum absolute atomic E-state index is 10.4. The van der Waals surface area contributed by atoms with Crippen LogP contribution in [0.4, 0.5) is 0 Å². The standard InChI is InChI=1S/C11H14O2.C6H14O3.C3H8O/c1-2-11(8-12)13-9-10-6-4-3-5-7-10;1-6(2,8)9-5-3-4-7;1-3(2)4/h3-8,11H,2,9H2,1H3;7-8H,3-5H2,1-2H3;3-4H,1-2H3. The Bertz CT molecular complexity index is 411. The molecule has 1 aromatic carbocycles. The van der Waals surface area contributed by atoms with Crippen LogP contribution in [-0.2, 0) is 20.9 Å². The first-order chi connectivity index (χ1) is 12.2. The van der Waals surface area contributed by atoms with Crippen molar-refractivity contribution in [2.75, 3.05) is 13.2 Å². The third kappa shape index (κ3) is 22.7. The minimum atomic E-state index is -1.06. The smallest absolute Gasteiger partial charge is 0.159 e. The lowest BCUT2D eigenvalue weighted by Crippen LogP contribution is -2.23. The van der Waals surface area contributed by atoms with Gasteiger partial charge >= 0.3 is 0 Å². The molecule has 3 N–H and O–H groups in total. The van der Waals surface area contributed by atoms with Gasteiger partial charge in [0.2, 0.25) is 0 Å². The van der Waals surface area contributed by atoms with Crippen LogP contribution in [0.1, 0.15) is 53.0 Å². The molecule has 1 rings (SSSR count). The zero-order chi connectivity index (χ0) is 20.4. The van der Waals surface area contributed by atoms with Gasteiger partial charge in [-0.05, 0) is 46.1 Å². The zero-order valence-electron chi connectivity index (χ0n) is 16.7. The lowest BCUT2D eigenvalue weighted by molar-refractivity contribution is -0.177. The Balaban J connectivity index is 0. The fourth-order valence-corrected chi connectivity index (χ4v) is 1.42. The molecule has 0 amide bonds. The van der Waals surface area contributed by atoms with Gasteiger partial charge in [-0.15, -0.1) is 0 Å². The van der Waals surface area contributed by atoms with Crippen LogP contribution in [0, 0.1) is 0 Å². The molecule has 0 fully saturated rings. The topological polar surface area (TPSA) is 96.2 Å². The van der Waals surface area contributed by atoms with E-state index < -0.39 is 5.79 Å². The number of carbonyl (C=O) groups excluding carboxylic acids is 1. The van der Waals surface area contributed by atoms with Gasteiger partial charge in [-0.25, -0.2) is 0 Å². The Labute approximate surface area is 157 Å². The fraction of sp³-hybridized carbons (Fsp3) is 0.650. The van der Waals surface area contributed by atoms with Crippen LogP contribution < -0.4 is 0 Å². The Morgan fingerprint density at radius 3 is 2.12 bits per heavy atom. The van der Waals surface area contributed by atoms with E-state index in [9.17, 15) is 4.79 Å². The number of hydrogen-bond donors (Lipinski definition) is 3. The van der Waals surface area contributed by atoms with Gasteiger partial charge in [-0.2, -0.15) is 0 Å². The Hall–Kier alpha value is -1.31. The van der Waals surface area contributed by atoms with Crippen molar-refractivity contribution in [3.8, 4) is 0 Å². The first kappa shape index (κ1) is 26.9. The summed E-state index contributed by atoms with van der Waals surface area (Å²) in [7, 11) is 0. The quantitative estimate of drug-likeness (QED) is 0.350. The summed E-state index contributed by atoms with van der Waals surface area (Å²) in [5, 5.41) is 25.3. The molecule has 0 aliphatic heterocycles. The molecule has 1 aromatic rings. The van der Waals surface area contributed by atoms with Crippen LogP contribution >= 0.6 is 0 Å². The summed E-state index contributed by atoms with van der Waals surface area (Å²) >= 11 is 0. The van der Waals surface area contributed by atoms with E-state index >= 15 is 0 Å². The number of hydrogen-bond acceptors (Lipinski definition) is 6. The van der Waals surface area contributed by atoms with E-state index in [0.29, 0.717) is 19.6 Å². The van der Waals surface area contributed by atoms with Crippen LogP contribution in [-0.4, -0.2) is 52.8 Å². The SMILES string of the molecule is CC(C)(O)OCCCO.CC(C)O.CCC(C=O)OCc1ccccc1. The lowest BCUT2D eigenvalue weighted by atomic mass is 10.2. The predicted molar refractivity (Wildman–Crippen MR) is 103 cm³/mol. The first-order valence-electron chi connectivity index (χ1n) is 8.92. The van der Waals surface area contributed by atoms with Crippen LogP contribution in [0.25, 0.3) is 0 Å². The average Bonchev–Trinajstić information content (AvgIpc) is 2.56. The van der Waals surface area contributed by atoms with Gasteiger partial charge in [0, 0.05) is 12.7 Å². The summed E-state index contributed by atoms with van der Waals surface area (Å²) in [6.45, 7) is 9.52. The highest BCUT2D eigenvalue weighted by Crippen LogP contribution is 2.04. The van der Waals surface area contributed by atoms with Gasteiger partial charge in [-0.1, -0.05) is 37.3 Å². The Morgan fingerprint density at radius 2 is 1.73 bits per heavy atom. The highest BCUT2D eigenvalue weighted by molar-refractivity contribution is 5.55. The summed E-state index contributed by atoms with van der Waals surface area (Å²) in [5.74, 6) is -1.06. The number of ether oxygens (including phenoxy) is 2. The number of aliphatic hydroxyl groups excluding tert-OH is 2. The minimum Gasteiger partial charge on any atom is -0.396 e. The Kier molecular flexibility index (Phi) is 17.7. The second-order valence-corrected chi connectivity index (χ2v) is 6.35. The molecule has 26 heavy (non-hydrogen) atoms. The third-order valence-corrected chi connectivity index (χ3v) is 2.62. The molecule has 0 heterocycles. The monoisotopic (exact) mass is 372 g/mol. The second kappa shape index (κ2) is 17.1. The van der Waals surface area contributed by atoms with Crippen molar-refractivity contribution in [1.29, 1.82) is 0 Å². The molecule has 152 valence electrons. The maximum atomic E-state index is 10.4. The fourth-order valence-electron chi connectivity index (χ4n) is 1.42. The molecule has 6 nitrogen and oxygen atoms in total. The molecule has 0 radical (unpaired) electrons. The van der Waals surface area contributed by atoms with Crippen LogP contribution in [0.2, 0.25) is 0 Å². The van der Waals surface area contributed by atoms with E-state index in [1.54, 1.807) is 27.7 Å². The summed E-state index contributed by atoms with van der Waals surface area (Å²) in [4.78, 5) is 10.4. The molecular formula is C20H36O6. The molecule has 0 aliphatic carbocycles. The van der Waals surface area contributed by atoms with Crippen LogP contribution in [0.5, 0.6) is 0 Å². The van der Waals surface area contributed by atoms with E-state index in [1.807, 2.05) is 37.3 Å². The molecule has 1 unspecified atom stereocenters. The maximum Gasteiger partial charge on any atom is 0.159 e. The second-order valence-electron chi connectivity index (χ2n) is 6.35. The molecule has 0 aliphatic rings. The van der Waals surface area contributed by atoms with Crippen molar-refractivity contribution >= 4 is 6.29 Å². The highest BCUT2D eigenvalue weighted by Gasteiger charge is 2.10. The van der Waals surface area contributed by atoms with Crippen molar-refractivity contribution < 1.29 is 29.6 Å². The van der Waals surface area contributed by atoms with Crippen molar-refractivity contribution in [2.45, 2.75) is 72.1 Å².